The molecule has 12 heavy (non-hydrogen) atoms. The first kappa shape index (κ1) is 9.52. The van der Waals surface area contributed by atoms with Crippen LogP contribution in [0.4, 0.5) is 0 Å². The summed E-state index contributed by atoms with van der Waals surface area (Å²) in [6.07, 6.45) is 2.48. The van der Waals surface area contributed by atoms with Crippen LogP contribution in [0.2, 0.25) is 0 Å². The summed E-state index contributed by atoms with van der Waals surface area (Å²) in [5, 5.41) is 11.6. The minimum atomic E-state index is 0.169. The second-order valence-corrected chi connectivity index (χ2v) is 3.59. The molecule has 1 fully saturated rings. The molecule has 3 nitrogen and oxygen atoms in total. The summed E-state index contributed by atoms with van der Waals surface area (Å²) in [5.41, 5.74) is 0. The molecule has 2 unspecified atom stereocenters. The average Bonchev–Trinajstić information content (AvgIpc) is 2.06. The molecule has 0 radical (unpaired) electrons. The maximum atomic E-state index is 10.8. The van der Waals surface area contributed by atoms with Crippen LogP contribution in [-0.4, -0.2) is 24.2 Å². The van der Waals surface area contributed by atoms with Crippen LogP contribution in [-0.2, 0) is 4.79 Å². The molecule has 0 aromatic heterocycles. The highest BCUT2D eigenvalue weighted by molar-refractivity contribution is 5.76. The lowest BCUT2D eigenvalue weighted by atomic mass is 9.85. The van der Waals surface area contributed by atoms with Gasteiger partial charge < -0.3 is 10.4 Å². The van der Waals surface area contributed by atoms with Crippen molar-refractivity contribution in [3.05, 3.63) is 0 Å². The summed E-state index contributed by atoms with van der Waals surface area (Å²) >= 11 is 0. The number of aliphatic hydroxyl groups is 1. The summed E-state index contributed by atoms with van der Waals surface area (Å²) in [5.74, 6) is 1.26. The summed E-state index contributed by atoms with van der Waals surface area (Å²) < 4.78 is 0. The van der Waals surface area contributed by atoms with Gasteiger partial charge in [0.05, 0.1) is 0 Å². The highest BCUT2D eigenvalue weighted by atomic mass is 16.3. The van der Waals surface area contributed by atoms with E-state index in [1.54, 1.807) is 0 Å². The lowest BCUT2D eigenvalue weighted by Crippen LogP contribution is -2.37. The van der Waals surface area contributed by atoms with E-state index in [9.17, 15) is 4.79 Å². The van der Waals surface area contributed by atoms with E-state index in [2.05, 4.69) is 12.2 Å². The molecule has 0 aromatic carbocycles. The minimum Gasteiger partial charge on any atom is -0.396 e. The molecule has 3 heteroatoms. The molecule has 1 amide bonds. The largest absolute Gasteiger partial charge is 0.396 e. The summed E-state index contributed by atoms with van der Waals surface area (Å²) in [6, 6.07) is 0. The Balaban J connectivity index is 2.28. The molecule has 0 spiro atoms. The highest BCUT2D eigenvalue weighted by Crippen LogP contribution is 2.22. The number of piperidine rings is 1. The maximum Gasteiger partial charge on any atom is 0.220 e. The van der Waals surface area contributed by atoms with E-state index in [0.717, 1.165) is 19.4 Å². The minimum absolute atomic E-state index is 0.169. The molecular weight excluding hydrogens is 154 g/mol. The molecule has 0 aromatic rings. The first-order valence-corrected chi connectivity index (χ1v) is 4.61. The Kier molecular flexibility index (Phi) is 3.53. The van der Waals surface area contributed by atoms with Crippen molar-refractivity contribution >= 4 is 5.91 Å². The predicted molar refractivity (Wildman–Crippen MR) is 46.6 cm³/mol. The van der Waals surface area contributed by atoms with Crippen molar-refractivity contribution in [3.8, 4) is 0 Å². The number of hydrogen-bond donors (Lipinski definition) is 2. The molecule has 1 aliphatic rings. The van der Waals surface area contributed by atoms with E-state index in [1.807, 2.05) is 0 Å². The molecule has 1 aliphatic heterocycles. The van der Waals surface area contributed by atoms with Crippen LogP contribution in [0.5, 0.6) is 0 Å². The van der Waals surface area contributed by atoms with Gasteiger partial charge in [-0.15, -0.1) is 0 Å². The fourth-order valence-electron chi connectivity index (χ4n) is 1.68. The molecular formula is C9H17NO2. The van der Waals surface area contributed by atoms with Gasteiger partial charge in [-0.1, -0.05) is 6.92 Å². The number of carbonyl (C=O) groups excluding carboxylic acids is 1. The molecule has 0 aliphatic carbocycles. The van der Waals surface area contributed by atoms with Crippen molar-refractivity contribution in [2.24, 2.45) is 11.8 Å². The molecule has 1 heterocycles. The Labute approximate surface area is 73.2 Å². The van der Waals surface area contributed by atoms with Gasteiger partial charge in [0.25, 0.3) is 0 Å². The lowest BCUT2D eigenvalue weighted by molar-refractivity contribution is -0.123. The maximum absolute atomic E-state index is 10.8. The third kappa shape index (κ3) is 2.48. The quantitative estimate of drug-likeness (QED) is 0.650. The second kappa shape index (κ2) is 4.45. The third-order valence-electron chi connectivity index (χ3n) is 2.69. The number of hydrogen-bond acceptors (Lipinski definition) is 2. The topological polar surface area (TPSA) is 49.3 Å². The highest BCUT2D eigenvalue weighted by Gasteiger charge is 2.22. The Morgan fingerprint density at radius 2 is 2.50 bits per heavy atom. The second-order valence-electron chi connectivity index (χ2n) is 3.59. The van der Waals surface area contributed by atoms with Crippen LogP contribution in [0.25, 0.3) is 0 Å². The lowest BCUT2D eigenvalue weighted by Gasteiger charge is -2.27. The predicted octanol–water partition coefficient (Wildman–Crippen LogP) is 0.531. The summed E-state index contributed by atoms with van der Waals surface area (Å²) in [7, 11) is 0. The molecule has 70 valence electrons. The van der Waals surface area contributed by atoms with Gasteiger partial charge in [-0.25, -0.2) is 0 Å². The molecule has 1 rings (SSSR count). The molecule has 1 saturated heterocycles. The average molecular weight is 171 g/mol. The van der Waals surface area contributed by atoms with E-state index in [0.29, 0.717) is 18.3 Å². The van der Waals surface area contributed by atoms with Gasteiger partial charge in [0.15, 0.2) is 0 Å². The van der Waals surface area contributed by atoms with Gasteiger partial charge in [-0.05, 0) is 24.7 Å². The van der Waals surface area contributed by atoms with Crippen molar-refractivity contribution in [1.29, 1.82) is 0 Å². The van der Waals surface area contributed by atoms with E-state index < -0.39 is 0 Å². The van der Waals surface area contributed by atoms with Crippen molar-refractivity contribution in [3.63, 3.8) is 0 Å². The van der Waals surface area contributed by atoms with Crippen molar-refractivity contribution in [2.45, 2.75) is 26.2 Å². The van der Waals surface area contributed by atoms with Crippen LogP contribution in [0, 0.1) is 11.8 Å². The number of amides is 1. The Morgan fingerprint density at radius 1 is 1.75 bits per heavy atom. The van der Waals surface area contributed by atoms with E-state index in [-0.39, 0.29) is 12.5 Å². The Bertz CT molecular complexity index is 149. The van der Waals surface area contributed by atoms with Crippen molar-refractivity contribution in [2.75, 3.05) is 13.2 Å². The van der Waals surface area contributed by atoms with Crippen LogP contribution in [0.15, 0.2) is 0 Å². The number of rotatable bonds is 3. The van der Waals surface area contributed by atoms with Gasteiger partial charge in [-0.2, -0.15) is 0 Å². The Hall–Kier alpha value is -0.570. The zero-order valence-corrected chi connectivity index (χ0v) is 7.55. The first-order valence-electron chi connectivity index (χ1n) is 4.61. The number of nitrogens with one attached hydrogen (secondary N) is 1. The van der Waals surface area contributed by atoms with E-state index in [1.165, 1.54) is 0 Å². The monoisotopic (exact) mass is 171 g/mol. The van der Waals surface area contributed by atoms with Crippen LogP contribution >= 0.6 is 0 Å². The fraction of sp³-hybridized carbons (Fsp3) is 0.889. The number of aliphatic hydroxyl groups excluding tert-OH is 1. The van der Waals surface area contributed by atoms with Gasteiger partial charge in [0, 0.05) is 19.6 Å². The van der Waals surface area contributed by atoms with Gasteiger partial charge >= 0.3 is 0 Å². The fourth-order valence-corrected chi connectivity index (χ4v) is 1.68. The zero-order valence-electron chi connectivity index (χ0n) is 7.55. The van der Waals surface area contributed by atoms with E-state index in [4.69, 9.17) is 5.11 Å². The SMILES string of the molecule is CC(CCO)C1CCC(=O)NC1. The molecule has 0 bridgehead atoms. The molecule has 2 atom stereocenters. The summed E-state index contributed by atoms with van der Waals surface area (Å²) in [6.45, 7) is 3.18. The summed E-state index contributed by atoms with van der Waals surface area (Å²) in [4.78, 5) is 10.8. The van der Waals surface area contributed by atoms with Crippen LogP contribution in [0.1, 0.15) is 26.2 Å². The van der Waals surface area contributed by atoms with Gasteiger partial charge in [-0.3, -0.25) is 4.79 Å². The van der Waals surface area contributed by atoms with Gasteiger partial charge in [0.1, 0.15) is 0 Å². The first-order chi connectivity index (χ1) is 5.74. The third-order valence-corrected chi connectivity index (χ3v) is 2.69. The Morgan fingerprint density at radius 3 is 3.00 bits per heavy atom. The normalized spacial score (nSPS) is 26.5. The molecule has 0 saturated carbocycles. The zero-order chi connectivity index (χ0) is 8.97. The van der Waals surface area contributed by atoms with Gasteiger partial charge in [0.2, 0.25) is 5.91 Å². The van der Waals surface area contributed by atoms with Crippen LogP contribution < -0.4 is 5.32 Å². The van der Waals surface area contributed by atoms with Crippen molar-refractivity contribution < 1.29 is 9.90 Å². The van der Waals surface area contributed by atoms with Crippen LogP contribution in [0.3, 0.4) is 0 Å². The molecule has 2 N–H and O–H groups in total. The van der Waals surface area contributed by atoms with Crippen molar-refractivity contribution in [1.82, 2.24) is 5.32 Å². The number of carbonyl (C=O) groups is 1. The van der Waals surface area contributed by atoms with E-state index >= 15 is 0 Å². The standard InChI is InChI=1S/C9H17NO2/c1-7(4-5-11)8-2-3-9(12)10-6-8/h7-8,11H,2-6H2,1H3,(H,10,12). The smallest absolute Gasteiger partial charge is 0.220 e.